The van der Waals surface area contributed by atoms with E-state index in [0.717, 1.165) is 32.5 Å². The third kappa shape index (κ3) is 2.16. The van der Waals surface area contributed by atoms with E-state index >= 15 is 0 Å². The first-order valence-corrected chi connectivity index (χ1v) is 7.16. The number of fused-ring (bicyclic) bond motifs is 1. The summed E-state index contributed by atoms with van der Waals surface area (Å²) in [7, 11) is 0. The molecule has 0 aromatic rings. The van der Waals surface area contributed by atoms with Gasteiger partial charge in [0, 0.05) is 17.9 Å². The van der Waals surface area contributed by atoms with Gasteiger partial charge in [0.2, 0.25) is 0 Å². The zero-order valence-corrected chi connectivity index (χ0v) is 11.4. The third-order valence-electron chi connectivity index (χ3n) is 4.60. The molecule has 18 heavy (non-hydrogen) atoms. The van der Waals surface area contributed by atoms with Gasteiger partial charge in [-0.25, -0.2) is 0 Å². The standard InChI is InChI=1S/C14H23NO3/c1-10-11(18-12-5-3-4-8-16-12)6-7-14(2)9-17-15-13(10)14/h10-12H,3-9H2,1-2H3/t10-,11+,12?,14-/m1/s1. The summed E-state index contributed by atoms with van der Waals surface area (Å²) in [6, 6.07) is 0. The molecule has 102 valence electrons. The molecule has 0 spiro atoms. The number of hydrogen-bond donors (Lipinski definition) is 0. The number of rotatable bonds is 2. The molecule has 0 aromatic heterocycles. The lowest BCUT2D eigenvalue weighted by atomic mass is 9.69. The lowest BCUT2D eigenvalue weighted by Gasteiger charge is -2.39. The van der Waals surface area contributed by atoms with E-state index in [1.807, 2.05) is 0 Å². The summed E-state index contributed by atoms with van der Waals surface area (Å²) in [6.45, 7) is 6.04. The van der Waals surface area contributed by atoms with E-state index in [0.29, 0.717) is 5.92 Å². The van der Waals surface area contributed by atoms with Gasteiger partial charge in [0.05, 0.1) is 11.8 Å². The van der Waals surface area contributed by atoms with Crippen LogP contribution in [0.2, 0.25) is 0 Å². The maximum Gasteiger partial charge on any atom is 0.157 e. The summed E-state index contributed by atoms with van der Waals surface area (Å²) in [6.07, 6.45) is 5.84. The van der Waals surface area contributed by atoms with Gasteiger partial charge in [0.1, 0.15) is 6.61 Å². The van der Waals surface area contributed by atoms with Gasteiger partial charge in [-0.1, -0.05) is 19.0 Å². The van der Waals surface area contributed by atoms with Crippen LogP contribution in [0.1, 0.15) is 46.0 Å². The molecular formula is C14H23NO3. The largest absolute Gasteiger partial charge is 0.395 e. The van der Waals surface area contributed by atoms with Crippen molar-refractivity contribution in [3.05, 3.63) is 0 Å². The second-order valence-electron chi connectivity index (χ2n) is 6.11. The predicted molar refractivity (Wildman–Crippen MR) is 68.4 cm³/mol. The van der Waals surface area contributed by atoms with Crippen LogP contribution in [-0.4, -0.2) is 31.3 Å². The smallest absolute Gasteiger partial charge is 0.157 e. The van der Waals surface area contributed by atoms with Crippen LogP contribution in [0.5, 0.6) is 0 Å². The molecule has 4 nitrogen and oxygen atoms in total. The minimum Gasteiger partial charge on any atom is -0.395 e. The molecule has 2 heterocycles. The maximum atomic E-state index is 6.14. The highest BCUT2D eigenvalue weighted by Crippen LogP contribution is 2.42. The van der Waals surface area contributed by atoms with E-state index in [-0.39, 0.29) is 17.8 Å². The Kier molecular flexibility index (Phi) is 3.32. The molecule has 3 aliphatic rings. The van der Waals surface area contributed by atoms with Gasteiger partial charge in [-0.3, -0.25) is 0 Å². The highest BCUT2D eigenvalue weighted by Gasteiger charge is 2.46. The van der Waals surface area contributed by atoms with Crippen LogP contribution in [0.3, 0.4) is 0 Å². The van der Waals surface area contributed by atoms with Crippen LogP contribution >= 0.6 is 0 Å². The van der Waals surface area contributed by atoms with E-state index in [2.05, 4.69) is 19.0 Å². The molecule has 0 amide bonds. The summed E-state index contributed by atoms with van der Waals surface area (Å²) in [4.78, 5) is 5.30. The molecule has 1 saturated carbocycles. The van der Waals surface area contributed by atoms with Gasteiger partial charge in [-0.05, 0) is 32.1 Å². The van der Waals surface area contributed by atoms with Crippen LogP contribution < -0.4 is 0 Å². The molecular weight excluding hydrogens is 230 g/mol. The normalized spacial score (nSPS) is 44.1. The Labute approximate surface area is 109 Å². The van der Waals surface area contributed by atoms with Gasteiger partial charge in [0.25, 0.3) is 0 Å². The van der Waals surface area contributed by atoms with Crippen molar-refractivity contribution in [1.82, 2.24) is 0 Å². The maximum absolute atomic E-state index is 6.14. The molecule has 2 aliphatic heterocycles. The van der Waals surface area contributed by atoms with Crippen LogP contribution in [-0.2, 0) is 14.3 Å². The van der Waals surface area contributed by atoms with Crippen molar-refractivity contribution in [2.45, 2.75) is 58.3 Å². The van der Waals surface area contributed by atoms with Crippen LogP contribution in [0.15, 0.2) is 5.16 Å². The van der Waals surface area contributed by atoms with Crippen molar-refractivity contribution in [2.75, 3.05) is 13.2 Å². The second-order valence-corrected chi connectivity index (χ2v) is 6.11. The molecule has 0 bridgehead atoms. The minimum atomic E-state index is -0.00141. The lowest BCUT2D eigenvalue weighted by molar-refractivity contribution is -0.197. The minimum absolute atomic E-state index is 0.00141. The first kappa shape index (κ1) is 12.4. The quantitative estimate of drug-likeness (QED) is 0.759. The van der Waals surface area contributed by atoms with Crippen molar-refractivity contribution in [2.24, 2.45) is 16.5 Å². The summed E-state index contributed by atoms with van der Waals surface area (Å²) in [5, 5.41) is 4.25. The average molecular weight is 253 g/mol. The van der Waals surface area contributed by atoms with Crippen LogP contribution in [0, 0.1) is 11.3 Å². The van der Waals surface area contributed by atoms with E-state index < -0.39 is 0 Å². The molecule has 2 fully saturated rings. The van der Waals surface area contributed by atoms with Crippen LogP contribution in [0.4, 0.5) is 0 Å². The third-order valence-corrected chi connectivity index (χ3v) is 4.60. The van der Waals surface area contributed by atoms with Gasteiger partial charge in [-0.2, -0.15) is 0 Å². The highest BCUT2D eigenvalue weighted by molar-refractivity contribution is 5.93. The number of hydrogen-bond acceptors (Lipinski definition) is 4. The zero-order valence-electron chi connectivity index (χ0n) is 11.4. The topological polar surface area (TPSA) is 40.0 Å². The molecule has 1 unspecified atom stereocenters. The number of ether oxygens (including phenoxy) is 2. The average Bonchev–Trinajstić information content (AvgIpc) is 2.77. The first-order chi connectivity index (χ1) is 8.69. The lowest BCUT2D eigenvalue weighted by Crippen LogP contribution is -2.45. The van der Waals surface area contributed by atoms with Crippen molar-refractivity contribution in [3.8, 4) is 0 Å². The second kappa shape index (κ2) is 4.82. The molecule has 4 atom stereocenters. The zero-order chi connectivity index (χ0) is 12.6. The monoisotopic (exact) mass is 253 g/mol. The van der Waals surface area contributed by atoms with Gasteiger partial charge < -0.3 is 14.3 Å². The van der Waals surface area contributed by atoms with Crippen LogP contribution in [0.25, 0.3) is 0 Å². The fraction of sp³-hybridized carbons (Fsp3) is 0.929. The SMILES string of the molecule is C[C@H]1C2=NOC[C@@]2(C)CC[C@@H]1OC1CCCCO1. The van der Waals surface area contributed by atoms with Gasteiger partial charge >= 0.3 is 0 Å². The molecule has 1 saturated heterocycles. The molecule has 0 N–H and O–H groups in total. The predicted octanol–water partition coefficient (Wildman–Crippen LogP) is 2.72. The van der Waals surface area contributed by atoms with E-state index in [1.54, 1.807) is 0 Å². The fourth-order valence-electron chi connectivity index (χ4n) is 3.35. The van der Waals surface area contributed by atoms with E-state index in [1.165, 1.54) is 18.6 Å². The Morgan fingerprint density at radius 3 is 3.00 bits per heavy atom. The Morgan fingerprint density at radius 2 is 2.22 bits per heavy atom. The van der Waals surface area contributed by atoms with E-state index in [4.69, 9.17) is 14.3 Å². The molecule has 3 rings (SSSR count). The van der Waals surface area contributed by atoms with Crippen molar-refractivity contribution in [1.29, 1.82) is 0 Å². The van der Waals surface area contributed by atoms with Gasteiger partial charge in [0.15, 0.2) is 6.29 Å². The molecule has 0 radical (unpaired) electrons. The Bertz CT molecular complexity index is 338. The molecule has 4 heteroatoms. The molecule has 0 aromatic carbocycles. The summed E-state index contributed by atoms with van der Waals surface area (Å²) in [5.41, 5.74) is 1.33. The first-order valence-electron chi connectivity index (χ1n) is 7.16. The molecule has 1 aliphatic carbocycles. The van der Waals surface area contributed by atoms with Gasteiger partial charge in [-0.15, -0.1) is 0 Å². The van der Waals surface area contributed by atoms with Crippen molar-refractivity contribution in [3.63, 3.8) is 0 Å². The highest BCUT2D eigenvalue weighted by atomic mass is 16.7. The summed E-state index contributed by atoms with van der Waals surface area (Å²) >= 11 is 0. The number of nitrogens with zero attached hydrogens (tertiary/aromatic N) is 1. The summed E-state index contributed by atoms with van der Waals surface area (Å²) < 4.78 is 11.8. The Hall–Kier alpha value is -0.610. The van der Waals surface area contributed by atoms with Crippen molar-refractivity contribution >= 4 is 5.71 Å². The summed E-state index contributed by atoms with van der Waals surface area (Å²) in [5.74, 6) is 0.344. The Balaban J connectivity index is 1.64. The number of oxime groups is 1. The Morgan fingerprint density at radius 1 is 1.33 bits per heavy atom. The van der Waals surface area contributed by atoms with E-state index in [9.17, 15) is 0 Å². The van der Waals surface area contributed by atoms with Crippen molar-refractivity contribution < 1.29 is 14.3 Å². The fourth-order valence-corrected chi connectivity index (χ4v) is 3.35.